The first-order valence-corrected chi connectivity index (χ1v) is 13.5. The number of hydrogen-bond donors (Lipinski definition) is 4. The average Bonchev–Trinajstić information content (AvgIpc) is 3.45. The number of benzene rings is 2. The predicted molar refractivity (Wildman–Crippen MR) is 141 cm³/mol. The van der Waals surface area contributed by atoms with Gasteiger partial charge in [0.25, 0.3) is 5.91 Å². The third-order valence-electron chi connectivity index (χ3n) is 7.64. The van der Waals surface area contributed by atoms with Crippen LogP contribution in [0.3, 0.4) is 0 Å². The van der Waals surface area contributed by atoms with Crippen LogP contribution in [0.2, 0.25) is 0 Å². The van der Waals surface area contributed by atoms with E-state index in [0.29, 0.717) is 4.91 Å². The standard InChI is InChI=1S/C27H31N5O3S/c1-15-14-17(35-16-6-3-2-4-7-16)10-11-20(15)32-21-12-13-29-26-22(21)23(31-27(32)34)24(36-26)25(33)30-19-9-5-8-18(19)28/h2-4,6-7,10-11,14,18-19,21-22,26,29H,5,8-9,12-13,28H2,1H3,(H,30,33)(H,31,34)/t18-,19-,21?,22?,26?/m0/s1. The maximum atomic E-state index is 13.5. The number of nitrogens with zero attached hydrogens (tertiary/aromatic N) is 1. The molecule has 3 fully saturated rings. The maximum Gasteiger partial charge on any atom is 0.326 e. The highest BCUT2D eigenvalue weighted by Gasteiger charge is 2.52. The second-order valence-corrected chi connectivity index (χ2v) is 11.1. The average molecular weight is 506 g/mol. The van der Waals surface area contributed by atoms with E-state index in [1.54, 1.807) is 0 Å². The van der Waals surface area contributed by atoms with Crippen molar-refractivity contribution in [3.63, 3.8) is 0 Å². The van der Waals surface area contributed by atoms with E-state index in [1.807, 2.05) is 60.4 Å². The number of piperidine rings is 1. The molecule has 2 saturated heterocycles. The highest BCUT2D eigenvalue weighted by Crippen LogP contribution is 2.48. The number of ether oxygens (including phenoxy) is 1. The molecular weight excluding hydrogens is 474 g/mol. The second kappa shape index (κ2) is 9.46. The van der Waals surface area contributed by atoms with E-state index in [0.717, 1.165) is 60.7 Å². The van der Waals surface area contributed by atoms with Gasteiger partial charge in [0.05, 0.1) is 16.3 Å². The lowest BCUT2D eigenvalue weighted by Gasteiger charge is -2.46. The summed E-state index contributed by atoms with van der Waals surface area (Å²) in [6.07, 6.45) is 3.67. The van der Waals surface area contributed by atoms with Crippen molar-refractivity contribution in [3.8, 4) is 11.5 Å². The summed E-state index contributed by atoms with van der Waals surface area (Å²) in [6.45, 7) is 2.78. The van der Waals surface area contributed by atoms with Gasteiger partial charge in [-0.05, 0) is 75.0 Å². The van der Waals surface area contributed by atoms with E-state index in [-0.39, 0.29) is 41.4 Å². The Balaban J connectivity index is 1.26. The van der Waals surface area contributed by atoms with Crippen molar-refractivity contribution in [1.82, 2.24) is 16.0 Å². The van der Waals surface area contributed by atoms with Crippen molar-refractivity contribution in [2.24, 2.45) is 11.7 Å². The van der Waals surface area contributed by atoms with Gasteiger partial charge in [-0.25, -0.2) is 4.79 Å². The first kappa shape index (κ1) is 23.4. The van der Waals surface area contributed by atoms with Gasteiger partial charge in [0.2, 0.25) is 0 Å². The monoisotopic (exact) mass is 505 g/mol. The van der Waals surface area contributed by atoms with Crippen LogP contribution in [0.4, 0.5) is 10.5 Å². The maximum absolute atomic E-state index is 13.5. The van der Waals surface area contributed by atoms with E-state index in [1.165, 1.54) is 11.8 Å². The Bertz CT molecular complexity index is 1220. The number of carbonyl (C=O) groups excluding carboxylic acids is 2. The van der Waals surface area contributed by atoms with Gasteiger partial charge < -0.3 is 26.4 Å². The van der Waals surface area contributed by atoms with Crippen LogP contribution in [0.15, 0.2) is 59.1 Å². The first-order chi connectivity index (χ1) is 17.5. The molecule has 1 aliphatic carbocycles. The lowest BCUT2D eigenvalue weighted by Crippen LogP contribution is -2.62. The van der Waals surface area contributed by atoms with E-state index >= 15 is 0 Å². The number of urea groups is 1. The molecule has 3 amide bonds. The van der Waals surface area contributed by atoms with Crippen LogP contribution in [0, 0.1) is 12.8 Å². The number of aryl methyl sites for hydroxylation is 1. The van der Waals surface area contributed by atoms with Crippen LogP contribution in [0.25, 0.3) is 0 Å². The number of anilines is 1. The molecule has 0 radical (unpaired) electrons. The molecule has 3 unspecified atom stereocenters. The van der Waals surface area contributed by atoms with Gasteiger partial charge in [-0.3, -0.25) is 9.69 Å². The number of para-hydroxylation sites is 1. The molecule has 0 aromatic heterocycles. The molecule has 5 atom stereocenters. The Hall–Kier alpha value is -3.01. The molecule has 0 spiro atoms. The summed E-state index contributed by atoms with van der Waals surface area (Å²) in [5, 5.41) is 9.81. The molecule has 1 saturated carbocycles. The minimum Gasteiger partial charge on any atom is -0.457 e. The summed E-state index contributed by atoms with van der Waals surface area (Å²) in [5.74, 6) is 1.38. The van der Waals surface area contributed by atoms with Gasteiger partial charge in [-0.2, -0.15) is 0 Å². The van der Waals surface area contributed by atoms with Crippen LogP contribution < -0.4 is 31.3 Å². The minimum absolute atomic E-state index is 0.00681. The summed E-state index contributed by atoms with van der Waals surface area (Å²) >= 11 is 1.53. The Labute approximate surface area is 215 Å². The van der Waals surface area contributed by atoms with E-state index in [9.17, 15) is 9.59 Å². The largest absolute Gasteiger partial charge is 0.457 e. The topological polar surface area (TPSA) is 109 Å². The minimum atomic E-state index is -0.197. The van der Waals surface area contributed by atoms with Gasteiger partial charge in [0.15, 0.2) is 0 Å². The zero-order chi connectivity index (χ0) is 24.8. The molecule has 6 rings (SSSR count). The fourth-order valence-electron chi connectivity index (χ4n) is 5.89. The number of hydrogen-bond acceptors (Lipinski definition) is 6. The van der Waals surface area contributed by atoms with Crippen molar-refractivity contribution in [1.29, 1.82) is 0 Å². The summed E-state index contributed by atoms with van der Waals surface area (Å²) < 4.78 is 5.99. The van der Waals surface area contributed by atoms with Crippen LogP contribution >= 0.6 is 11.8 Å². The van der Waals surface area contributed by atoms with Gasteiger partial charge in [-0.1, -0.05) is 30.0 Å². The van der Waals surface area contributed by atoms with Crippen LogP contribution in [0.5, 0.6) is 11.5 Å². The van der Waals surface area contributed by atoms with Gasteiger partial charge in [0, 0.05) is 29.4 Å². The SMILES string of the molecule is Cc1cc(Oc2ccccc2)ccc1N1C(=O)NC2=C(C(=O)N[C@H]3CCC[C@@H]3N)SC3NCCC1C23. The highest BCUT2D eigenvalue weighted by molar-refractivity contribution is 8.04. The lowest BCUT2D eigenvalue weighted by molar-refractivity contribution is -0.117. The van der Waals surface area contributed by atoms with Gasteiger partial charge in [-0.15, -0.1) is 0 Å². The lowest BCUT2D eigenvalue weighted by atomic mass is 9.86. The fraction of sp³-hybridized carbons (Fsp3) is 0.407. The number of nitrogens with one attached hydrogen (secondary N) is 3. The Morgan fingerprint density at radius 3 is 2.72 bits per heavy atom. The number of amides is 3. The normalized spacial score (nSPS) is 29.1. The third-order valence-corrected chi connectivity index (χ3v) is 8.99. The molecule has 8 nitrogen and oxygen atoms in total. The number of thioether (sulfide) groups is 1. The van der Waals surface area contributed by atoms with E-state index < -0.39 is 0 Å². The number of nitrogens with two attached hydrogens (primary N) is 1. The van der Waals surface area contributed by atoms with Crippen LogP contribution in [-0.2, 0) is 4.79 Å². The van der Waals surface area contributed by atoms with Crippen LogP contribution in [0.1, 0.15) is 31.2 Å². The number of rotatable bonds is 5. The van der Waals surface area contributed by atoms with Crippen molar-refractivity contribution in [2.75, 3.05) is 11.4 Å². The Morgan fingerprint density at radius 2 is 1.97 bits per heavy atom. The van der Waals surface area contributed by atoms with Crippen LogP contribution in [-0.4, -0.2) is 42.0 Å². The first-order valence-electron chi connectivity index (χ1n) is 12.6. The van der Waals surface area contributed by atoms with E-state index in [2.05, 4.69) is 16.0 Å². The quantitative estimate of drug-likeness (QED) is 0.495. The molecule has 188 valence electrons. The Kier molecular flexibility index (Phi) is 6.15. The third kappa shape index (κ3) is 4.15. The van der Waals surface area contributed by atoms with Gasteiger partial charge in [0.1, 0.15) is 11.5 Å². The summed E-state index contributed by atoms with van der Waals surface area (Å²) in [6, 6.07) is 15.2. The summed E-state index contributed by atoms with van der Waals surface area (Å²) in [7, 11) is 0. The molecule has 2 aromatic rings. The van der Waals surface area contributed by atoms with Crippen molar-refractivity contribution < 1.29 is 14.3 Å². The Morgan fingerprint density at radius 1 is 1.14 bits per heavy atom. The van der Waals surface area contributed by atoms with Gasteiger partial charge >= 0.3 is 6.03 Å². The van der Waals surface area contributed by atoms with E-state index in [4.69, 9.17) is 10.5 Å². The molecule has 9 heteroatoms. The second-order valence-electron chi connectivity index (χ2n) is 9.96. The molecule has 36 heavy (non-hydrogen) atoms. The smallest absolute Gasteiger partial charge is 0.326 e. The predicted octanol–water partition coefficient (Wildman–Crippen LogP) is 3.58. The zero-order valence-electron chi connectivity index (χ0n) is 20.2. The molecule has 4 aliphatic rings. The van der Waals surface area contributed by atoms with Crippen molar-refractivity contribution >= 4 is 29.4 Å². The molecule has 3 heterocycles. The zero-order valence-corrected chi connectivity index (χ0v) is 21.0. The molecule has 3 aliphatic heterocycles. The molecule has 2 aromatic carbocycles. The van der Waals surface area contributed by atoms with Crippen molar-refractivity contribution in [3.05, 3.63) is 64.7 Å². The molecule has 5 N–H and O–H groups in total. The fourth-order valence-corrected chi connectivity index (χ4v) is 7.29. The highest BCUT2D eigenvalue weighted by atomic mass is 32.2. The molecule has 0 bridgehead atoms. The molecular formula is C27H31N5O3S. The van der Waals surface area contributed by atoms with Crippen molar-refractivity contribution in [2.45, 2.75) is 56.1 Å². The summed E-state index contributed by atoms with van der Waals surface area (Å²) in [5.41, 5.74) is 8.74. The summed E-state index contributed by atoms with van der Waals surface area (Å²) in [4.78, 5) is 29.2. The number of carbonyl (C=O) groups is 2.